The van der Waals surface area contributed by atoms with Gasteiger partial charge in [-0.25, -0.2) is 9.50 Å². The number of carbonyl (C=O) groups is 1. The van der Waals surface area contributed by atoms with E-state index >= 15 is 0 Å². The second-order valence-corrected chi connectivity index (χ2v) is 6.54. The number of nitrogens with zero attached hydrogens (tertiary/aromatic N) is 4. The number of hydrogen-bond acceptors (Lipinski definition) is 4. The molecule has 0 bridgehead atoms. The summed E-state index contributed by atoms with van der Waals surface area (Å²) < 4.78 is 7.19. The summed E-state index contributed by atoms with van der Waals surface area (Å²) in [5.74, 6) is 0.429. The van der Waals surface area contributed by atoms with Gasteiger partial charge >= 0.3 is 0 Å². The number of aryl methyl sites for hydroxylation is 1. The van der Waals surface area contributed by atoms with Crippen molar-refractivity contribution in [1.82, 2.24) is 19.5 Å². The van der Waals surface area contributed by atoms with Gasteiger partial charge in [-0.15, -0.1) is 0 Å². The minimum Gasteiger partial charge on any atom is -0.496 e. The van der Waals surface area contributed by atoms with Crippen LogP contribution in [0.2, 0.25) is 5.02 Å². The van der Waals surface area contributed by atoms with Crippen LogP contribution in [-0.4, -0.2) is 39.1 Å². The van der Waals surface area contributed by atoms with Gasteiger partial charge in [0.1, 0.15) is 5.75 Å². The number of amides is 1. The molecule has 1 amide bonds. The molecule has 25 heavy (non-hydrogen) atoms. The van der Waals surface area contributed by atoms with Crippen LogP contribution in [0.4, 0.5) is 0 Å². The van der Waals surface area contributed by atoms with Crippen molar-refractivity contribution in [2.45, 2.75) is 19.9 Å². The van der Waals surface area contributed by atoms with Gasteiger partial charge in [0.15, 0.2) is 5.65 Å². The molecule has 0 spiro atoms. The van der Waals surface area contributed by atoms with Gasteiger partial charge in [0.25, 0.3) is 5.91 Å². The summed E-state index contributed by atoms with van der Waals surface area (Å²) in [5, 5.41) is 5.02. The van der Waals surface area contributed by atoms with Gasteiger partial charge < -0.3 is 9.64 Å². The zero-order chi connectivity index (χ0) is 17.6. The Balaban J connectivity index is 1.67. The predicted octanol–water partition coefficient (Wildman–Crippen LogP) is 2.90. The molecular weight excluding hydrogens is 340 g/mol. The average Bonchev–Trinajstić information content (AvgIpc) is 3.01. The maximum atomic E-state index is 13.0. The minimum atomic E-state index is -0.0956. The van der Waals surface area contributed by atoms with E-state index in [0.29, 0.717) is 29.4 Å². The number of benzene rings is 1. The second kappa shape index (κ2) is 6.04. The van der Waals surface area contributed by atoms with Crippen molar-refractivity contribution >= 4 is 23.2 Å². The summed E-state index contributed by atoms with van der Waals surface area (Å²) in [6, 6.07) is 7.03. The molecule has 0 N–H and O–H groups in total. The first-order valence-electron chi connectivity index (χ1n) is 8.03. The van der Waals surface area contributed by atoms with Gasteiger partial charge in [-0.3, -0.25) is 4.79 Å². The summed E-state index contributed by atoms with van der Waals surface area (Å²) in [4.78, 5) is 19.2. The highest BCUT2D eigenvalue weighted by atomic mass is 35.5. The van der Waals surface area contributed by atoms with E-state index < -0.39 is 0 Å². The Morgan fingerprint density at radius 3 is 2.96 bits per heavy atom. The van der Waals surface area contributed by atoms with Crippen LogP contribution in [0.25, 0.3) is 5.65 Å². The Hall–Kier alpha value is -2.60. The molecule has 0 aliphatic carbocycles. The maximum absolute atomic E-state index is 13.0. The van der Waals surface area contributed by atoms with Crippen molar-refractivity contribution in [2.75, 3.05) is 13.7 Å². The molecule has 0 fully saturated rings. The first-order valence-corrected chi connectivity index (χ1v) is 8.40. The van der Waals surface area contributed by atoms with Crippen LogP contribution in [0.1, 0.15) is 27.3 Å². The minimum absolute atomic E-state index is 0.0956. The average molecular weight is 357 g/mol. The quantitative estimate of drug-likeness (QED) is 0.708. The maximum Gasteiger partial charge on any atom is 0.257 e. The zero-order valence-corrected chi connectivity index (χ0v) is 14.7. The Bertz CT molecular complexity index is 983. The highest BCUT2D eigenvalue weighted by Crippen LogP contribution is 2.27. The third-order valence-corrected chi connectivity index (χ3v) is 4.69. The molecule has 0 saturated carbocycles. The van der Waals surface area contributed by atoms with Crippen molar-refractivity contribution in [3.8, 4) is 5.75 Å². The number of ether oxygens (including phenoxy) is 1. The third kappa shape index (κ3) is 2.72. The molecule has 7 heteroatoms. The van der Waals surface area contributed by atoms with E-state index in [9.17, 15) is 4.79 Å². The third-order valence-electron chi connectivity index (χ3n) is 4.45. The first kappa shape index (κ1) is 15.9. The fourth-order valence-electron chi connectivity index (χ4n) is 3.25. The zero-order valence-electron chi connectivity index (χ0n) is 14.0. The van der Waals surface area contributed by atoms with Crippen molar-refractivity contribution in [2.24, 2.45) is 0 Å². The standard InChI is InChI=1S/C18H17ClN4O2/c1-11-7-17-20-9-12-10-22(6-5-15(12)23(17)21-11)18(24)14-8-13(19)3-4-16(14)25-2/h3-4,7-9H,5-6,10H2,1-2H3. The van der Waals surface area contributed by atoms with E-state index in [1.807, 2.05) is 23.7 Å². The van der Waals surface area contributed by atoms with E-state index in [2.05, 4.69) is 10.1 Å². The summed E-state index contributed by atoms with van der Waals surface area (Å²) in [7, 11) is 1.55. The van der Waals surface area contributed by atoms with E-state index in [1.165, 1.54) is 0 Å². The van der Waals surface area contributed by atoms with E-state index in [-0.39, 0.29) is 5.91 Å². The Labute approximate surface area is 150 Å². The fourth-order valence-corrected chi connectivity index (χ4v) is 3.42. The van der Waals surface area contributed by atoms with Gasteiger partial charge in [0.2, 0.25) is 0 Å². The predicted molar refractivity (Wildman–Crippen MR) is 94.2 cm³/mol. The molecule has 6 nitrogen and oxygen atoms in total. The molecule has 3 heterocycles. The number of methoxy groups -OCH3 is 1. The molecule has 2 aromatic heterocycles. The second-order valence-electron chi connectivity index (χ2n) is 6.11. The Morgan fingerprint density at radius 2 is 2.16 bits per heavy atom. The van der Waals surface area contributed by atoms with Crippen LogP contribution in [0, 0.1) is 6.92 Å². The Kier molecular flexibility index (Phi) is 3.84. The van der Waals surface area contributed by atoms with Crippen LogP contribution < -0.4 is 4.74 Å². The lowest BCUT2D eigenvalue weighted by Crippen LogP contribution is -2.37. The number of rotatable bonds is 2. The van der Waals surface area contributed by atoms with Gasteiger partial charge in [0.05, 0.1) is 24.1 Å². The topological polar surface area (TPSA) is 59.7 Å². The van der Waals surface area contributed by atoms with Gasteiger partial charge in [-0.05, 0) is 25.1 Å². The summed E-state index contributed by atoms with van der Waals surface area (Å²) in [6.07, 6.45) is 2.56. The molecule has 128 valence electrons. The SMILES string of the molecule is COc1ccc(Cl)cc1C(=O)N1CCc2c(cnc3cc(C)nn23)C1. The highest BCUT2D eigenvalue weighted by molar-refractivity contribution is 6.31. The number of halogens is 1. The molecule has 1 aromatic carbocycles. The monoisotopic (exact) mass is 356 g/mol. The first-order chi connectivity index (χ1) is 12.1. The molecular formula is C18H17ClN4O2. The molecule has 4 rings (SSSR count). The lowest BCUT2D eigenvalue weighted by molar-refractivity contribution is 0.0729. The van der Waals surface area contributed by atoms with Crippen LogP contribution in [-0.2, 0) is 13.0 Å². The van der Waals surface area contributed by atoms with Gasteiger partial charge in [0, 0.05) is 42.4 Å². The van der Waals surface area contributed by atoms with E-state index in [4.69, 9.17) is 16.3 Å². The van der Waals surface area contributed by atoms with Crippen molar-refractivity contribution in [3.05, 3.63) is 58.0 Å². The van der Waals surface area contributed by atoms with Crippen LogP contribution in [0.3, 0.4) is 0 Å². The normalized spacial score (nSPS) is 13.8. The van der Waals surface area contributed by atoms with E-state index in [0.717, 1.165) is 29.0 Å². The summed E-state index contributed by atoms with van der Waals surface area (Å²) in [6.45, 7) is 3.05. The number of fused-ring (bicyclic) bond motifs is 3. The number of hydrogen-bond donors (Lipinski definition) is 0. The van der Waals surface area contributed by atoms with Crippen molar-refractivity contribution < 1.29 is 9.53 Å². The van der Waals surface area contributed by atoms with E-state index in [1.54, 1.807) is 30.2 Å². The number of carbonyl (C=O) groups excluding carboxylic acids is 1. The molecule has 0 radical (unpaired) electrons. The fraction of sp³-hybridized carbons (Fsp3) is 0.278. The molecule has 1 aliphatic heterocycles. The molecule has 1 aliphatic rings. The highest BCUT2D eigenvalue weighted by Gasteiger charge is 2.26. The van der Waals surface area contributed by atoms with Crippen LogP contribution in [0.15, 0.2) is 30.5 Å². The molecule has 0 unspecified atom stereocenters. The molecule has 3 aromatic rings. The van der Waals surface area contributed by atoms with Crippen LogP contribution in [0.5, 0.6) is 5.75 Å². The smallest absolute Gasteiger partial charge is 0.257 e. The molecule has 0 atom stereocenters. The Morgan fingerprint density at radius 1 is 1.32 bits per heavy atom. The summed E-state index contributed by atoms with van der Waals surface area (Å²) >= 11 is 6.06. The lowest BCUT2D eigenvalue weighted by Gasteiger charge is -2.29. The van der Waals surface area contributed by atoms with Gasteiger partial charge in [-0.1, -0.05) is 11.6 Å². The van der Waals surface area contributed by atoms with Crippen LogP contribution >= 0.6 is 11.6 Å². The lowest BCUT2D eigenvalue weighted by atomic mass is 10.1. The largest absolute Gasteiger partial charge is 0.496 e. The molecule has 0 saturated heterocycles. The van der Waals surface area contributed by atoms with Crippen molar-refractivity contribution in [1.29, 1.82) is 0 Å². The summed E-state index contributed by atoms with van der Waals surface area (Å²) in [5.41, 5.74) is 4.37. The number of aromatic nitrogens is 3. The van der Waals surface area contributed by atoms with Crippen molar-refractivity contribution in [3.63, 3.8) is 0 Å². The van der Waals surface area contributed by atoms with Gasteiger partial charge in [-0.2, -0.15) is 5.10 Å².